The highest BCUT2D eigenvalue weighted by molar-refractivity contribution is 6.06. The van der Waals surface area contributed by atoms with Crippen molar-refractivity contribution in [2.75, 3.05) is 5.73 Å². The average molecular weight is 298 g/mol. The third-order valence-corrected chi connectivity index (χ3v) is 3.91. The van der Waals surface area contributed by atoms with Crippen LogP contribution in [0.4, 0.5) is 5.82 Å². The summed E-state index contributed by atoms with van der Waals surface area (Å²) in [5.41, 5.74) is 7.56. The molecule has 0 radical (unpaired) electrons. The largest absolute Gasteiger partial charge is 0.383 e. The summed E-state index contributed by atoms with van der Waals surface area (Å²) < 4.78 is 3.56. The second-order valence-electron chi connectivity index (χ2n) is 6.67. The van der Waals surface area contributed by atoms with Gasteiger partial charge < -0.3 is 10.3 Å². The molecule has 22 heavy (non-hydrogen) atoms. The molecule has 0 fully saturated rings. The normalized spacial score (nSPS) is 12.4. The molecule has 116 valence electrons. The Kier molecular flexibility index (Phi) is 3.24. The van der Waals surface area contributed by atoms with Gasteiger partial charge in [-0.25, -0.2) is 4.68 Å². The van der Waals surface area contributed by atoms with E-state index in [0.29, 0.717) is 23.3 Å². The maximum absolute atomic E-state index is 12.9. The number of fused-ring (bicyclic) bond motifs is 3. The van der Waals surface area contributed by atoms with Crippen molar-refractivity contribution in [2.24, 2.45) is 0 Å². The van der Waals surface area contributed by atoms with Gasteiger partial charge in [0.25, 0.3) is 5.56 Å². The van der Waals surface area contributed by atoms with E-state index in [1.165, 1.54) is 0 Å². The third kappa shape index (κ3) is 2.00. The maximum Gasteiger partial charge on any atom is 0.264 e. The van der Waals surface area contributed by atoms with E-state index in [1.54, 1.807) is 4.68 Å². The van der Waals surface area contributed by atoms with Crippen molar-refractivity contribution in [1.29, 1.82) is 0 Å². The quantitative estimate of drug-likeness (QED) is 0.790. The van der Waals surface area contributed by atoms with Crippen LogP contribution in [-0.2, 0) is 12.1 Å². The molecule has 0 saturated heterocycles. The fourth-order valence-corrected chi connectivity index (χ4v) is 2.94. The molecule has 5 nitrogen and oxygen atoms in total. The summed E-state index contributed by atoms with van der Waals surface area (Å²) in [7, 11) is 0. The fourth-order valence-electron chi connectivity index (χ4n) is 2.94. The minimum absolute atomic E-state index is 0.0523. The monoisotopic (exact) mass is 298 g/mol. The van der Waals surface area contributed by atoms with Crippen LogP contribution in [0.2, 0.25) is 0 Å². The van der Waals surface area contributed by atoms with Crippen LogP contribution in [-0.4, -0.2) is 14.3 Å². The standard InChI is InChI=1S/C17H22N4O/c1-5-10-20-12-9-7-6-8-11(12)14-13(16(20)22)15(18)21(19-14)17(2,3)4/h6-9H,5,10,18H2,1-4H3. The van der Waals surface area contributed by atoms with Gasteiger partial charge in [0.2, 0.25) is 0 Å². The summed E-state index contributed by atoms with van der Waals surface area (Å²) in [5, 5.41) is 6.15. The molecule has 0 aliphatic carbocycles. The topological polar surface area (TPSA) is 65.8 Å². The van der Waals surface area contributed by atoms with Gasteiger partial charge in [-0.15, -0.1) is 0 Å². The van der Waals surface area contributed by atoms with Gasteiger partial charge in [-0.1, -0.05) is 25.1 Å². The summed E-state index contributed by atoms with van der Waals surface area (Å²) in [5.74, 6) is 0.447. The highest BCUT2D eigenvalue weighted by Gasteiger charge is 2.23. The Morgan fingerprint density at radius 3 is 2.55 bits per heavy atom. The van der Waals surface area contributed by atoms with Crippen LogP contribution in [0.15, 0.2) is 29.1 Å². The fraction of sp³-hybridized carbons (Fsp3) is 0.412. The number of aryl methyl sites for hydroxylation is 1. The van der Waals surface area contributed by atoms with E-state index in [9.17, 15) is 4.79 Å². The predicted octanol–water partition coefficient (Wildman–Crippen LogP) is 3.10. The minimum atomic E-state index is -0.272. The summed E-state index contributed by atoms with van der Waals surface area (Å²) in [6.45, 7) is 8.83. The molecule has 0 saturated carbocycles. The van der Waals surface area contributed by atoms with Crippen molar-refractivity contribution >= 4 is 27.6 Å². The number of aromatic nitrogens is 3. The van der Waals surface area contributed by atoms with Crippen molar-refractivity contribution in [1.82, 2.24) is 14.3 Å². The second-order valence-corrected chi connectivity index (χ2v) is 6.67. The van der Waals surface area contributed by atoms with Gasteiger partial charge in [0.05, 0.1) is 11.1 Å². The molecule has 0 bridgehead atoms. The van der Waals surface area contributed by atoms with Crippen LogP contribution in [0.5, 0.6) is 0 Å². The number of nitrogens with zero attached hydrogens (tertiary/aromatic N) is 3. The van der Waals surface area contributed by atoms with E-state index in [4.69, 9.17) is 5.73 Å². The van der Waals surface area contributed by atoms with Crippen LogP contribution in [0, 0.1) is 0 Å². The molecule has 5 heteroatoms. The van der Waals surface area contributed by atoms with Gasteiger partial charge in [0, 0.05) is 11.9 Å². The molecule has 0 aliphatic heterocycles. The Morgan fingerprint density at radius 1 is 1.23 bits per heavy atom. The van der Waals surface area contributed by atoms with Crippen molar-refractivity contribution < 1.29 is 0 Å². The zero-order valence-corrected chi connectivity index (χ0v) is 13.6. The lowest BCUT2D eigenvalue weighted by Crippen LogP contribution is -2.25. The summed E-state index contributed by atoms with van der Waals surface area (Å²) in [6, 6.07) is 7.89. The molecule has 0 atom stereocenters. The number of hydrogen-bond acceptors (Lipinski definition) is 3. The first kappa shape index (κ1) is 14.6. The zero-order valence-electron chi connectivity index (χ0n) is 13.6. The lowest BCUT2D eigenvalue weighted by atomic mass is 10.1. The Bertz CT molecular complexity index is 912. The molecule has 3 aromatic rings. The minimum Gasteiger partial charge on any atom is -0.383 e. The number of anilines is 1. The first-order valence-corrected chi connectivity index (χ1v) is 7.66. The van der Waals surface area contributed by atoms with E-state index < -0.39 is 0 Å². The number of benzene rings is 1. The molecule has 0 aliphatic rings. The van der Waals surface area contributed by atoms with Crippen molar-refractivity contribution in [2.45, 2.75) is 46.2 Å². The first-order valence-electron chi connectivity index (χ1n) is 7.66. The van der Waals surface area contributed by atoms with E-state index in [0.717, 1.165) is 17.3 Å². The highest BCUT2D eigenvalue weighted by atomic mass is 16.1. The summed E-state index contributed by atoms with van der Waals surface area (Å²) in [4.78, 5) is 12.9. The Morgan fingerprint density at radius 2 is 1.91 bits per heavy atom. The first-order chi connectivity index (χ1) is 10.4. The molecule has 2 heterocycles. The zero-order chi connectivity index (χ0) is 16.1. The second kappa shape index (κ2) is 4.87. The Labute approximate surface area is 129 Å². The SMILES string of the molecule is CCCn1c(=O)c2c(N)n(C(C)(C)C)nc2c2ccccc21. The highest BCUT2D eigenvalue weighted by Crippen LogP contribution is 2.29. The van der Waals surface area contributed by atoms with Crippen LogP contribution in [0.1, 0.15) is 34.1 Å². The van der Waals surface area contributed by atoms with Crippen molar-refractivity contribution in [3.8, 4) is 0 Å². The van der Waals surface area contributed by atoms with Crippen LogP contribution < -0.4 is 11.3 Å². The number of nitrogens with two attached hydrogens (primary N) is 1. The van der Waals surface area contributed by atoms with Crippen LogP contribution in [0.25, 0.3) is 21.8 Å². The molecule has 3 rings (SSSR count). The van der Waals surface area contributed by atoms with E-state index >= 15 is 0 Å². The number of pyridine rings is 1. The number of para-hydroxylation sites is 1. The Hall–Kier alpha value is -2.30. The average Bonchev–Trinajstić information content (AvgIpc) is 2.81. The molecule has 2 aromatic heterocycles. The summed E-state index contributed by atoms with van der Waals surface area (Å²) in [6.07, 6.45) is 0.892. The van der Waals surface area contributed by atoms with E-state index in [2.05, 4.69) is 12.0 Å². The van der Waals surface area contributed by atoms with Crippen molar-refractivity contribution in [3.05, 3.63) is 34.6 Å². The molecule has 0 amide bonds. The van der Waals surface area contributed by atoms with Crippen LogP contribution in [0.3, 0.4) is 0 Å². The number of nitrogen functional groups attached to an aromatic ring is 1. The molecule has 0 spiro atoms. The molecule has 1 aromatic carbocycles. The van der Waals surface area contributed by atoms with Gasteiger partial charge in [0.1, 0.15) is 16.7 Å². The van der Waals surface area contributed by atoms with Gasteiger partial charge in [-0.05, 0) is 33.3 Å². The van der Waals surface area contributed by atoms with E-state index in [1.807, 2.05) is 49.6 Å². The molecular weight excluding hydrogens is 276 g/mol. The van der Waals surface area contributed by atoms with Gasteiger partial charge in [-0.3, -0.25) is 4.79 Å². The lowest BCUT2D eigenvalue weighted by molar-refractivity contribution is 0.364. The smallest absolute Gasteiger partial charge is 0.264 e. The predicted molar refractivity (Wildman–Crippen MR) is 91.2 cm³/mol. The van der Waals surface area contributed by atoms with Gasteiger partial charge in [0.15, 0.2) is 0 Å². The molecular formula is C17H22N4O. The Balaban J connectivity index is 2.55. The summed E-state index contributed by atoms with van der Waals surface area (Å²) >= 11 is 0. The number of hydrogen-bond donors (Lipinski definition) is 1. The molecule has 0 unspecified atom stereocenters. The van der Waals surface area contributed by atoms with Crippen molar-refractivity contribution in [3.63, 3.8) is 0 Å². The third-order valence-electron chi connectivity index (χ3n) is 3.91. The van der Waals surface area contributed by atoms with Gasteiger partial charge >= 0.3 is 0 Å². The number of rotatable bonds is 2. The van der Waals surface area contributed by atoms with Gasteiger partial charge in [-0.2, -0.15) is 5.10 Å². The lowest BCUT2D eigenvalue weighted by Gasteiger charge is -2.20. The van der Waals surface area contributed by atoms with Crippen LogP contribution >= 0.6 is 0 Å². The maximum atomic E-state index is 12.9. The van der Waals surface area contributed by atoms with E-state index in [-0.39, 0.29) is 11.1 Å². The molecule has 2 N–H and O–H groups in total.